The maximum atomic E-state index is 12.7. The van der Waals surface area contributed by atoms with Gasteiger partial charge in [-0.25, -0.2) is 13.2 Å². The molecule has 12 heteroatoms. The summed E-state index contributed by atoms with van der Waals surface area (Å²) in [6.45, 7) is -0.151. The number of nitrogens with two attached hydrogens (primary N) is 1. The molecule has 1 fully saturated rings. The normalized spacial score (nSPS) is 13.5. The van der Waals surface area contributed by atoms with E-state index in [1.807, 2.05) is 0 Å². The van der Waals surface area contributed by atoms with E-state index in [0.717, 1.165) is 32.8 Å². The van der Waals surface area contributed by atoms with E-state index in [1.165, 1.54) is 14.1 Å². The number of aryl methyl sites for hydroxylation is 1. The predicted molar refractivity (Wildman–Crippen MR) is 122 cm³/mol. The van der Waals surface area contributed by atoms with Crippen molar-refractivity contribution in [1.82, 2.24) is 18.7 Å². The first-order chi connectivity index (χ1) is 15.5. The molecule has 1 aliphatic carbocycles. The van der Waals surface area contributed by atoms with Crippen molar-refractivity contribution < 1.29 is 13.2 Å². The van der Waals surface area contributed by atoms with Crippen LogP contribution in [0.1, 0.15) is 18.4 Å². The summed E-state index contributed by atoms with van der Waals surface area (Å²) in [5, 5.41) is 2.49. The summed E-state index contributed by atoms with van der Waals surface area (Å²) in [5.41, 5.74) is 5.97. The Labute approximate surface area is 188 Å². The summed E-state index contributed by atoms with van der Waals surface area (Å²) in [5.74, 6) is 5.70. The van der Waals surface area contributed by atoms with Gasteiger partial charge in [0, 0.05) is 43.2 Å². The minimum atomic E-state index is -3.74. The van der Waals surface area contributed by atoms with Crippen LogP contribution in [0.25, 0.3) is 11.2 Å². The molecule has 1 aliphatic rings. The maximum absolute atomic E-state index is 12.7. The lowest BCUT2D eigenvalue weighted by molar-refractivity contribution is -0.117. The van der Waals surface area contributed by atoms with Crippen LogP contribution in [0.3, 0.4) is 0 Å². The lowest BCUT2D eigenvalue weighted by Gasteiger charge is -2.07. The Bertz CT molecular complexity index is 1600. The van der Waals surface area contributed by atoms with Crippen LogP contribution in [0, 0.1) is 17.8 Å². The molecule has 2 heterocycles. The van der Waals surface area contributed by atoms with Crippen molar-refractivity contribution in [2.24, 2.45) is 20.0 Å². The molecule has 0 spiro atoms. The SMILES string of the molecule is Cn1c(=O)c2c(nc(S(C)(=O)=O)n2C)n(CC#Cc2cc(N)cc(NC(=O)C3CC3)c2)c1=O. The highest BCUT2D eigenvalue weighted by atomic mass is 32.2. The highest BCUT2D eigenvalue weighted by Gasteiger charge is 2.29. The fraction of sp³-hybridized carbons (Fsp3) is 0.333. The van der Waals surface area contributed by atoms with Crippen molar-refractivity contribution in [2.75, 3.05) is 17.3 Å². The Kier molecular flexibility index (Phi) is 5.37. The van der Waals surface area contributed by atoms with Crippen molar-refractivity contribution in [3.05, 3.63) is 44.6 Å². The van der Waals surface area contributed by atoms with Crippen molar-refractivity contribution >= 4 is 38.3 Å². The van der Waals surface area contributed by atoms with Crippen LogP contribution in [0.2, 0.25) is 0 Å². The van der Waals surface area contributed by atoms with Gasteiger partial charge < -0.3 is 15.6 Å². The third kappa shape index (κ3) is 4.27. The predicted octanol–water partition coefficient (Wildman–Crippen LogP) is -0.180. The van der Waals surface area contributed by atoms with Gasteiger partial charge in [-0.1, -0.05) is 11.8 Å². The molecule has 33 heavy (non-hydrogen) atoms. The van der Waals surface area contributed by atoms with E-state index < -0.39 is 21.1 Å². The van der Waals surface area contributed by atoms with E-state index in [9.17, 15) is 22.8 Å². The Morgan fingerprint density at radius 2 is 1.91 bits per heavy atom. The number of hydrogen-bond donors (Lipinski definition) is 2. The second kappa shape index (κ2) is 7.93. The average Bonchev–Trinajstić information content (AvgIpc) is 3.51. The van der Waals surface area contributed by atoms with Gasteiger partial charge in [0.25, 0.3) is 5.56 Å². The lowest BCUT2D eigenvalue weighted by Crippen LogP contribution is -2.38. The van der Waals surface area contributed by atoms with Gasteiger partial charge in [-0.2, -0.15) is 4.98 Å². The summed E-state index contributed by atoms with van der Waals surface area (Å²) in [6.07, 6.45) is 2.72. The van der Waals surface area contributed by atoms with Gasteiger partial charge in [-0.3, -0.25) is 18.7 Å². The summed E-state index contributed by atoms with van der Waals surface area (Å²) in [6, 6.07) is 4.93. The standard InChI is InChI=1S/C21H22N6O5S/c1-25-16-17(24-20(25)33(3,31)32)27(21(30)26(2)19(16)29)8-4-5-12-9-14(22)11-15(10-12)23-18(28)13-6-7-13/h9-11,13H,6-8,22H2,1-3H3,(H,23,28). The van der Waals surface area contributed by atoms with Crippen LogP contribution in [0.15, 0.2) is 32.9 Å². The molecule has 0 unspecified atom stereocenters. The van der Waals surface area contributed by atoms with E-state index in [2.05, 4.69) is 22.1 Å². The molecule has 3 aromatic rings. The lowest BCUT2D eigenvalue weighted by atomic mass is 10.1. The number of hydrogen-bond acceptors (Lipinski definition) is 7. The molecule has 0 radical (unpaired) electrons. The maximum Gasteiger partial charge on any atom is 0.333 e. The number of nitrogen functional groups attached to an aromatic ring is 1. The van der Waals surface area contributed by atoms with E-state index >= 15 is 0 Å². The molecule has 1 saturated carbocycles. The van der Waals surface area contributed by atoms with Gasteiger partial charge in [0.05, 0.1) is 6.54 Å². The number of nitrogens with one attached hydrogen (secondary N) is 1. The number of fused-ring (bicyclic) bond motifs is 1. The van der Waals surface area contributed by atoms with Gasteiger partial charge in [-0.05, 0) is 31.0 Å². The number of amides is 1. The van der Waals surface area contributed by atoms with Gasteiger partial charge in [0.2, 0.25) is 20.9 Å². The Morgan fingerprint density at radius 1 is 1.21 bits per heavy atom. The number of anilines is 2. The topological polar surface area (TPSA) is 151 Å². The zero-order valence-electron chi connectivity index (χ0n) is 18.2. The van der Waals surface area contributed by atoms with Crippen molar-refractivity contribution in [1.29, 1.82) is 0 Å². The van der Waals surface area contributed by atoms with Crippen LogP contribution in [0.5, 0.6) is 0 Å². The molecule has 11 nitrogen and oxygen atoms in total. The Balaban J connectivity index is 1.73. The van der Waals surface area contributed by atoms with Gasteiger partial charge in [0.15, 0.2) is 11.2 Å². The number of aromatic nitrogens is 4. The summed E-state index contributed by atoms with van der Waals surface area (Å²) >= 11 is 0. The first-order valence-corrected chi connectivity index (χ1v) is 11.9. The fourth-order valence-electron chi connectivity index (χ4n) is 3.49. The third-order valence-electron chi connectivity index (χ3n) is 5.29. The summed E-state index contributed by atoms with van der Waals surface area (Å²) in [4.78, 5) is 41.3. The number of sulfone groups is 1. The van der Waals surface area contributed by atoms with E-state index in [-0.39, 0.29) is 34.7 Å². The van der Waals surface area contributed by atoms with Crippen LogP contribution in [-0.2, 0) is 35.3 Å². The molecule has 0 aliphatic heterocycles. The fourth-order valence-corrected chi connectivity index (χ4v) is 4.33. The zero-order valence-corrected chi connectivity index (χ0v) is 19.1. The second-order valence-corrected chi connectivity index (χ2v) is 9.95. The van der Waals surface area contributed by atoms with Gasteiger partial charge in [0.1, 0.15) is 0 Å². The molecule has 0 saturated heterocycles. The number of carbonyl (C=O) groups is 1. The molecule has 1 aromatic carbocycles. The first kappa shape index (κ1) is 22.3. The molecule has 1 amide bonds. The molecular formula is C21H22N6O5S. The van der Waals surface area contributed by atoms with Crippen molar-refractivity contribution in [2.45, 2.75) is 24.5 Å². The van der Waals surface area contributed by atoms with E-state index in [0.29, 0.717) is 16.9 Å². The molecular weight excluding hydrogens is 448 g/mol. The number of imidazole rings is 1. The first-order valence-electron chi connectivity index (χ1n) is 10.0. The largest absolute Gasteiger partial charge is 0.399 e. The molecule has 172 valence electrons. The van der Waals surface area contributed by atoms with Crippen molar-refractivity contribution in [3.63, 3.8) is 0 Å². The number of nitrogens with zero attached hydrogens (tertiary/aromatic N) is 4. The summed E-state index contributed by atoms with van der Waals surface area (Å²) < 4.78 is 27.3. The summed E-state index contributed by atoms with van der Waals surface area (Å²) in [7, 11) is -1.04. The molecule has 3 N–H and O–H groups in total. The number of carbonyl (C=O) groups excluding carboxylic acids is 1. The quantitative estimate of drug-likeness (QED) is 0.396. The minimum Gasteiger partial charge on any atom is -0.399 e. The van der Waals surface area contributed by atoms with Gasteiger partial charge >= 0.3 is 5.69 Å². The van der Waals surface area contributed by atoms with Crippen LogP contribution in [-0.4, -0.2) is 39.3 Å². The van der Waals surface area contributed by atoms with E-state index in [1.54, 1.807) is 18.2 Å². The van der Waals surface area contributed by atoms with Crippen LogP contribution < -0.4 is 22.3 Å². The molecule has 0 bridgehead atoms. The minimum absolute atomic E-state index is 0.0200. The highest BCUT2D eigenvalue weighted by Crippen LogP contribution is 2.30. The van der Waals surface area contributed by atoms with Gasteiger partial charge in [-0.15, -0.1) is 0 Å². The third-order valence-corrected chi connectivity index (χ3v) is 6.32. The monoisotopic (exact) mass is 470 g/mol. The zero-order chi connectivity index (χ0) is 24.1. The highest BCUT2D eigenvalue weighted by molar-refractivity contribution is 7.90. The smallest absolute Gasteiger partial charge is 0.333 e. The average molecular weight is 471 g/mol. The molecule has 4 rings (SSSR count). The Morgan fingerprint density at radius 3 is 2.55 bits per heavy atom. The van der Waals surface area contributed by atoms with E-state index in [4.69, 9.17) is 5.73 Å². The number of rotatable bonds is 4. The van der Waals surface area contributed by atoms with Crippen LogP contribution in [0.4, 0.5) is 11.4 Å². The molecule has 0 atom stereocenters. The van der Waals surface area contributed by atoms with Crippen LogP contribution >= 0.6 is 0 Å². The number of benzene rings is 1. The Hall–Kier alpha value is -3.85. The van der Waals surface area contributed by atoms with Crippen molar-refractivity contribution in [3.8, 4) is 11.8 Å². The molecule has 2 aromatic heterocycles. The second-order valence-electron chi connectivity index (χ2n) is 8.04.